The predicted octanol–water partition coefficient (Wildman–Crippen LogP) is 3.00. The van der Waals surface area contributed by atoms with Crippen LogP contribution in [-0.4, -0.2) is 32.5 Å². The molecule has 3 aromatic heterocycles. The molecule has 33 heavy (non-hydrogen) atoms. The monoisotopic (exact) mass is 457 g/mol. The molecule has 0 aliphatic heterocycles. The number of pyridine rings is 1. The summed E-state index contributed by atoms with van der Waals surface area (Å²) >= 11 is 0. The highest BCUT2D eigenvalue weighted by molar-refractivity contribution is 5.95. The van der Waals surface area contributed by atoms with Gasteiger partial charge >= 0.3 is 6.18 Å². The lowest BCUT2D eigenvalue weighted by Crippen LogP contribution is -2.47. The summed E-state index contributed by atoms with van der Waals surface area (Å²) in [6.45, 7) is -0.191. The predicted molar refractivity (Wildman–Crippen MR) is 110 cm³/mol. The minimum Gasteiger partial charge on any atom is -0.459 e. The van der Waals surface area contributed by atoms with Gasteiger partial charge in [-0.1, -0.05) is 30.3 Å². The quantitative estimate of drug-likeness (QED) is 0.444. The Bertz CT molecular complexity index is 1250. The maximum absolute atomic E-state index is 13.0. The van der Waals surface area contributed by atoms with Crippen LogP contribution in [-0.2, 0) is 23.9 Å². The van der Waals surface area contributed by atoms with Crippen molar-refractivity contribution in [2.24, 2.45) is 0 Å². The minimum atomic E-state index is -4.53. The number of fused-ring (bicyclic) bond motifs is 1. The first kappa shape index (κ1) is 22.1. The molecule has 0 aliphatic rings. The Hall–Kier alpha value is -4.15. The lowest BCUT2D eigenvalue weighted by atomic mass is 10.1. The summed E-state index contributed by atoms with van der Waals surface area (Å²) in [5, 5.41) is 12.9. The fourth-order valence-corrected chi connectivity index (χ4v) is 3.21. The van der Waals surface area contributed by atoms with E-state index in [-0.39, 0.29) is 30.2 Å². The number of nitrogens with one attached hydrogen (secondary N) is 2. The van der Waals surface area contributed by atoms with Crippen LogP contribution in [0, 0.1) is 0 Å². The van der Waals surface area contributed by atoms with Gasteiger partial charge in [0.25, 0.3) is 5.91 Å². The summed E-state index contributed by atoms with van der Waals surface area (Å²) in [6.07, 6.45) is -2.13. The zero-order valence-corrected chi connectivity index (χ0v) is 17.0. The summed E-state index contributed by atoms with van der Waals surface area (Å²) in [5.41, 5.74) is 0.148. The van der Waals surface area contributed by atoms with E-state index < -0.39 is 29.6 Å². The van der Waals surface area contributed by atoms with Crippen molar-refractivity contribution < 1.29 is 27.2 Å². The molecule has 2 amide bonds. The molecule has 4 aromatic rings. The van der Waals surface area contributed by atoms with Crippen molar-refractivity contribution in [3.05, 3.63) is 89.8 Å². The number of carbonyl (C=O) groups is 2. The van der Waals surface area contributed by atoms with Crippen LogP contribution in [0.4, 0.5) is 13.2 Å². The van der Waals surface area contributed by atoms with Crippen molar-refractivity contribution >= 4 is 17.5 Å². The van der Waals surface area contributed by atoms with Gasteiger partial charge in [-0.15, -0.1) is 10.2 Å². The summed E-state index contributed by atoms with van der Waals surface area (Å²) < 4.78 is 45.4. The first-order valence-electron chi connectivity index (χ1n) is 9.88. The van der Waals surface area contributed by atoms with E-state index >= 15 is 0 Å². The van der Waals surface area contributed by atoms with Crippen LogP contribution in [0.1, 0.15) is 27.5 Å². The van der Waals surface area contributed by atoms with E-state index in [1.807, 2.05) is 18.2 Å². The van der Waals surface area contributed by atoms with E-state index in [0.717, 1.165) is 22.2 Å². The highest BCUT2D eigenvalue weighted by Crippen LogP contribution is 2.29. The van der Waals surface area contributed by atoms with Crippen molar-refractivity contribution in [2.45, 2.75) is 25.2 Å². The molecule has 0 saturated heterocycles. The maximum atomic E-state index is 13.0. The van der Waals surface area contributed by atoms with Gasteiger partial charge in [-0.05, 0) is 29.8 Å². The number of amides is 2. The summed E-state index contributed by atoms with van der Waals surface area (Å²) in [4.78, 5) is 25.3. The van der Waals surface area contributed by atoms with Crippen LogP contribution >= 0.6 is 0 Å². The Morgan fingerprint density at radius 1 is 1.03 bits per heavy atom. The number of rotatable bonds is 7. The van der Waals surface area contributed by atoms with Gasteiger partial charge in [0.05, 0.1) is 18.4 Å². The van der Waals surface area contributed by atoms with Gasteiger partial charge in [0.2, 0.25) is 5.91 Å². The second kappa shape index (κ2) is 9.15. The molecular weight excluding hydrogens is 439 g/mol. The number of hydrogen-bond acceptors (Lipinski definition) is 5. The first-order valence-corrected chi connectivity index (χ1v) is 9.88. The van der Waals surface area contributed by atoms with Gasteiger partial charge in [0.15, 0.2) is 17.2 Å². The number of aromatic nitrogens is 3. The van der Waals surface area contributed by atoms with E-state index in [0.29, 0.717) is 0 Å². The van der Waals surface area contributed by atoms with Crippen LogP contribution in [0.2, 0.25) is 0 Å². The summed E-state index contributed by atoms with van der Waals surface area (Å²) in [6, 6.07) is 13.2. The van der Waals surface area contributed by atoms with Gasteiger partial charge in [0, 0.05) is 12.6 Å². The van der Waals surface area contributed by atoms with E-state index in [9.17, 15) is 22.8 Å². The number of halogens is 3. The molecule has 3 heterocycles. The number of alkyl halides is 3. The third kappa shape index (κ3) is 5.20. The second-order valence-corrected chi connectivity index (χ2v) is 7.17. The second-order valence-electron chi connectivity index (χ2n) is 7.17. The normalized spacial score (nSPS) is 12.5. The van der Waals surface area contributed by atoms with Crippen LogP contribution < -0.4 is 10.6 Å². The van der Waals surface area contributed by atoms with Crippen molar-refractivity contribution in [1.29, 1.82) is 0 Å². The molecule has 170 valence electrons. The van der Waals surface area contributed by atoms with Gasteiger partial charge < -0.3 is 15.1 Å². The fourth-order valence-electron chi connectivity index (χ4n) is 3.21. The Morgan fingerprint density at radius 2 is 1.82 bits per heavy atom. The smallest absolute Gasteiger partial charge is 0.417 e. The van der Waals surface area contributed by atoms with E-state index in [1.54, 1.807) is 18.2 Å². The van der Waals surface area contributed by atoms with Gasteiger partial charge in [0.1, 0.15) is 6.04 Å². The van der Waals surface area contributed by atoms with Crippen LogP contribution in [0.25, 0.3) is 5.65 Å². The molecule has 0 radical (unpaired) electrons. The van der Waals surface area contributed by atoms with Gasteiger partial charge in [-0.2, -0.15) is 13.2 Å². The first-order chi connectivity index (χ1) is 15.8. The third-order valence-electron chi connectivity index (χ3n) is 4.87. The molecule has 0 fully saturated rings. The summed E-state index contributed by atoms with van der Waals surface area (Å²) in [5.74, 6) is -0.953. The van der Waals surface area contributed by atoms with Gasteiger partial charge in [-0.3, -0.25) is 14.0 Å². The number of nitrogens with zero attached hydrogens (tertiary/aromatic N) is 3. The lowest BCUT2D eigenvalue weighted by molar-refractivity contribution is -0.137. The highest BCUT2D eigenvalue weighted by atomic mass is 19.4. The maximum Gasteiger partial charge on any atom is 0.417 e. The molecule has 2 N–H and O–H groups in total. The Kier molecular flexibility index (Phi) is 6.11. The molecule has 11 heteroatoms. The molecule has 4 rings (SSSR count). The van der Waals surface area contributed by atoms with Crippen LogP contribution in [0.3, 0.4) is 0 Å². The Balaban J connectivity index is 1.51. The van der Waals surface area contributed by atoms with Crippen molar-refractivity contribution in [1.82, 2.24) is 25.2 Å². The third-order valence-corrected chi connectivity index (χ3v) is 4.87. The molecule has 0 saturated carbocycles. The molecule has 0 aliphatic carbocycles. The average Bonchev–Trinajstić information content (AvgIpc) is 3.47. The van der Waals surface area contributed by atoms with E-state index in [4.69, 9.17) is 4.42 Å². The average molecular weight is 457 g/mol. The molecule has 0 spiro atoms. The number of hydrogen-bond donors (Lipinski definition) is 2. The van der Waals surface area contributed by atoms with Crippen molar-refractivity contribution in [2.75, 3.05) is 0 Å². The van der Waals surface area contributed by atoms with E-state index in [1.165, 1.54) is 18.4 Å². The lowest BCUT2D eigenvalue weighted by Gasteiger charge is -2.18. The Labute approximate surface area is 185 Å². The number of carbonyl (C=O) groups excluding carboxylic acids is 2. The molecule has 0 bridgehead atoms. The molecule has 0 unspecified atom stereocenters. The standard InChI is InChI=1S/C22H18F3N5O3/c23-22(24,25)15-8-9-18-28-29-19(30(18)13-15)12-26-20(31)16(11-14-5-2-1-3-6-14)27-21(32)17-7-4-10-33-17/h1-10,13,16H,11-12H2,(H,26,31)(H,27,32)/t16-/m0/s1. The topological polar surface area (TPSA) is 102 Å². The van der Waals surface area contributed by atoms with Crippen LogP contribution in [0.15, 0.2) is 71.5 Å². The van der Waals surface area contributed by atoms with Crippen LogP contribution in [0.5, 0.6) is 0 Å². The highest BCUT2D eigenvalue weighted by Gasteiger charge is 2.31. The molecule has 8 nitrogen and oxygen atoms in total. The molecular formula is C22H18F3N5O3. The zero-order valence-electron chi connectivity index (χ0n) is 17.0. The fraction of sp³-hybridized carbons (Fsp3) is 0.182. The zero-order chi connectivity index (χ0) is 23.4. The van der Waals surface area contributed by atoms with Crippen molar-refractivity contribution in [3.63, 3.8) is 0 Å². The largest absolute Gasteiger partial charge is 0.459 e. The number of benzene rings is 1. The molecule has 1 atom stereocenters. The Morgan fingerprint density at radius 3 is 2.52 bits per heavy atom. The molecule has 1 aromatic carbocycles. The van der Waals surface area contributed by atoms with Crippen molar-refractivity contribution in [3.8, 4) is 0 Å². The van der Waals surface area contributed by atoms with Gasteiger partial charge in [-0.25, -0.2) is 0 Å². The summed E-state index contributed by atoms with van der Waals surface area (Å²) in [7, 11) is 0. The SMILES string of the molecule is O=C(N[C@@H](Cc1ccccc1)C(=O)NCc1nnc2ccc(C(F)(F)F)cn12)c1ccco1. The minimum absolute atomic E-state index is 0.0454. The van der Waals surface area contributed by atoms with E-state index in [2.05, 4.69) is 20.8 Å². The number of furan rings is 1.